The highest BCUT2D eigenvalue weighted by molar-refractivity contribution is 5.97. The number of rotatable bonds is 3. The van der Waals surface area contributed by atoms with Crippen LogP contribution in [0.2, 0.25) is 0 Å². The van der Waals surface area contributed by atoms with Crippen LogP contribution in [-0.4, -0.2) is 45.1 Å². The molecule has 3 heterocycles. The third kappa shape index (κ3) is 3.14. The minimum absolute atomic E-state index is 0. The van der Waals surface area contributed by atoms with Gasteiger partial charge in [0, 0.05) is 19.3 Å². The minimum atomic E-state index is -0.856. The second kappa shape index (κ2) is 6.54. The maximum absolute atomic E-state index is 12.5. The average Bonchev–Trinajstić information content (AvgIpc) is 3.12. The van der Waals surface area contributed by atoms with Crippen LogP contribution in [0.3, 0.4) is 0 Å². The number of nitrogens with zero attached hydrogens (tertiary/aromatic N) is 3. The molecule has 2 aromatic rings. The molecule has 1 atom stereocenters. The van der Waals surface area contributed by atoms with E-state index >= 15 is 0 Å². The molecule has 8 heteroatoms. The molecule has 2 aromatic heterocycles. The molecule has 0 spiro atoms. The van der Waals surface area contributed by atoms with E-state index in [9.17, 15) is 9.59 Å². The first kappa shape index (κ1) is 17.2. The molecule has 1 amide bonds. The second-order valence-corrected chi connectivity index (χ2v) is 5.87. The van der Waals surface area contributed by atoms with E-state index in [0.717, 1.165) is 11.1 Å². The number of hydrogen-bond donors (Lipinski definition) is 1. The van der Waals surface area contributed by atoms with Gasteiger partial charge in [-0.2, -0.15) is 0 Å². The summed E-state index contributed by atoms with van der Waals surface area (Å²) in [5.74, 6) is -1.38. The Morgan fingerprint density at radius 1 is 1.43 bits per heavy atom. The van der Waals surface area contributed by atoms with Crippen molar-refractivity contribution in [2.24, 2.45) is 5.92 Å². The van der Waals surface area contributed by atoms with Crippen molar-refractivity contribution in [1.82, 2.24) is 15.0 Å². The number of aromatic nitrogens is 2. The third-order valence-electron chi connectivity index (χ3n) is 3.98. The summed E-state index contributed by atoms with van der Waals surface area (Å²) in [6.07, 6.45) is 1.94. The highest BCUT2D eigenvalue weighted by Crippen LogP contribution is 2.25. The first-order valence-electron chi connectivity index (χ1n) is 7.24. The summed E-state index contributed by atoms with van der Waals surface area (Å²) in [5.41, 5.74) is 1.61. The van der Waals surface area contributed by atoms with Crippen LogP contribution in [0.4, 0.5) is 0 Å². The Balaban J connectivity index is 0.00000192. The molecule has 23 heavy (non-hydrogen) atoms. The zero-order valence-electron chi connectivity index (χ0n) is 12.9. The fourth-order valence-corrected chi connectivity index (χ4v) is 2.71. The quantitative estimate of drug-likeness (QED) is 0.921. The molecular weight excluding hydrogens is 322 g/mol. The zero-order chi connectivity index (χ0) is 15.9. The predicted molar refractivity (Wildman–Crippen MR) is 84.8 cm³/mol. The van der Waals surface area contributed by atoms with Crippen LogP contribution in [0.15, 0.2) is 16.8 Å². The average molecular weight is 340 g/mol. The van der Waals surface area contributed by atoms with E-state index < -0.39 is 11.9 Å². The molecule has 1 unspecified atom stereocenters. The molecule has 0 bridgehead atoms. The van der Waals surface area contributed by atoms with Crippen molar-refractivity contribution in [3.8, 4) is 0 Å². The fraction of sp³-hybridized carbons (Fsp3) is 0.467. The molecule has 0 saturated carbocycles. The number of fused-ring (bicyclic) bond motifs is 1. The Labute approximate surface area is 139 Å². The van der Waals surface area contributed by atoms with E-state index in [0.29, 0.717) is 24.2 Å². The smallest absolute Gasteiger partial charge is 0.308 e. The molecule has 124 valence electrons. The van der Waals surface area contributed by atoms with Crippen LogP contribution in [-0.2, 0) is 4.79 Å². The van der Waals surface area contributed by atoms with Gasteiger partial charge in [0.15, 0.2) is 0 Å². The van der Waals surface area contributed by atoms with Gasteiger partial charge in [0.25, 0.3) is 11.6 Å². The lowest BCUT2D eigenvalue weighted by Gasteiger charge is -2.15. The third-order valence-corrected chi connectivity index (χ3v) is 3.98. The molecule has 1 saturated heterocycles. The maximum Gasteiger partial charge on any atom is 0.308 e. The number of halogens is 1. The van der Waals surface area contributed by atoms with Gasteiger partial charge in [-0.25, -0.2) is 4.98 Å². The van der Waals surface area contributed by atoms with Crippen LogP contribution in [0, 0.1) is 5.92 Å². The first-order chi connectivity index (χ1) is 10.5. The highest BCUT2D eigenvalue weighted by atomic mass is 35.5. The number of pyridine rings is 1. The van der Waals surface area contributed by atoms with Crippen LogP contribution >= 0.6 is 12.4 Å². The Hall–Kier alpha value is -2.15. The number of carboxylic acids is 1. The molecule has 0 radical (unpaired) electrons. The van der Waals surface area contributed by atoms with Gasteiger partial charge < -0.3 is 14.5 Å². The summed E-state index contributed by atoms with van der Waals surface area (Å²) in [6, 6.07) is 1.73. The van der Waals surface area contributed by atoms with Gasteiger partial charge in [-0.3, -0.25) is 9.59 Å². The van der Waals surface area contributed by atoms with Gasteiger partial charge in [0.1, 0.15) is 0 Å². The van der Waals surface area contributed by atoms with E-state index in [4.69, 9.17) is 9.63 Å². The standard InChI is InChI=1S/C15H17N3O4.ClH/c1-8(2)12-11-5-10(6-16-13(11)22-17-12)14(19)18-4-3-9(7-18)15(20)21;/h5-6,8-9H,3-4,7H2,1-2H3,(H,20,21);1H. The first-order valence-corrected chi connectivity index (χ1v) is 7.24. The lowest BCUT2D eigenvalue weighted by atomic mass is 10.1. The molecule has 1 N–H and O–H groups in total. The predicted octanol–water partition coefficient (Wildman–Crippen LogP) is 2.31. The molecule has 1 aliphatic rings. The van der Waals surface area contributed by atoms with Gasteiger partial charge in [0.05, 0.1) is 22.6 Å². The number of carbonyl (C=O) groups excluding carboxylic acids is 1. The normalized spacial score (nSPS) is 17.5. The fourth-order valence-electron chi connectivity index (χ4n) is 2.71. The number of carboxylic acid groups (broad SMARTS) is 1. The number of hydrogen-bond acceptors (Lipinski definition) is 5. The van der Waals surface area contributed by atoms with Crippen molar-refractivity contribution in [2.45, 2.75) is 26.2 Å². The summed E-state index contributed by atoms with van der Waals surface area (Å²) < 4.78 is 5.16. The van der Waals surface area contributed by atoms with E-state index in [2.05, 4.69) is 10.1 Å². The summed E-state index contributed by atoms with van der Waals surface area (Å²) in [7, 11) is 0. The molecular formula is C15H18ClN3O4. The molecule has 0 aromatic carbocycles. The van der Waals surface area contributed by atoms with Gasteiger partial charge >= 0.3 is 5.97 Å². The largest absolute Gasteiger partial charge is 0.481 e. The Bertz CT molecular complexity index is 743. The van der Waals surface area contributed by atoms with Crippen LogP contribution in [0.1, 0.15) is 42.2 Å². The van der Waals surface area contributed by atoms with Gasteiger partial charge in [-0.15, -0.1) is 12.4 Å². The van der Waals surface area contributed by atoms with Crippen molar-refractivity contribution < 1.29 is 19.2 Å². The molecule has 7 nitrogen and oxygen atoms in total. The summed E-state index contributed by atoms with van der Waals surface area (Å²) >= 11 is 0. The SMILES string of the molecule is CC(C)c1noc2ncc(C(=O)N3CCC(C(=O)O)C3)cc12.Cl. The van der Waals surface area contributed by atoms with Crippen molar-refractivity contribution in [2.75, 3.05) is 13.1 Å². The number of carbonyl (C=O) groups is 2. The van der Waals surface area contributed by atoms with Crippen molar-refractivity contribution >= 4 is 35.4 Å². The van der Waals surface area contributed by atoms with Gasteiger partial charge in [-0.05, 0) is 18.4 Å². The van der Waals surface area contributed by atoms with E-state index in [1.807, 2.05) is 13.8 Å². The Morgan fingerprint density at radius 3 is 2.78 bits per heavy atom. The van der Waals surface area contributed by atoms with Gasteiger partial charge in [0.2, 0.25) is 0 Å². The van der Waals surface area contributed by atoms with Gasteiger partial charge in [-0.1, -0.05) is 19.0 Å². The second-order valence-electron chi connectivity index (χ2n) is 5.87. The Morgan fingerprint density at radius 2 is 2.17 bits per heavy atom. The van der Waals surface area contributed by atoms with Crippen molar-refractivity contribution in [3.05, 3.63) is 23.5 Å². The van der Waals surface area contributed by atoms with E-state index in [1.54, 1.807) is 11.0 Å². The molecule has 3 rings (SSSR count). The topological polar surface area (TPSA) is 96.5 Å². The zero-order valence-corrected chi connectivity index (χ0v) is 13.7. The molecule has 0 aliphatic carbocycles. The van der Waals surface area contributed by atoms with E-state index in [-0.39, 0.29) is 30.8 Å². The number of amides is 1. The highest BCUT2D eigenvalue weighted by Gasteiger charge is 2.31. The molecule has 1 fully saturated rings. The summed E-state index contributed by atoms with van der Waals surface area (Å²) in [5, 5.41) is 13.7. The van der Waals surface area contributed by atoms with Crippen LogP contribution < -0.4 is 0 Å². The van der Waals surface area contributed by atoms with Crippen molar-refractivity contribution in [1.29, 1.82) is 0 Å². The van der Waals surface area contributed by atoms with E-state index in [1.165, 1.54) is 6.20 Å². The summed E-state index contributed by atoms with van der Waals surface area (Å²) in [4.78, 5) is 29.2. The Kier molecular flexibility index (Phi) is 4.89. The molecule has 1 aliphatic heterocycles. The minimum Gasteiger partial charge on any atom is -0.481 e. The summed E-state index contributed by atoms with van der Waals surface area (Å²) in [6.45, 7) is 4.68. The number of aliphatic carboxylic acids is 1. The lowest BCUT2D eigenvalue weighted by molar-refractivity contribution is -0.141. The van der Waals surface area contributed by atoms with Crippen molar-refractivity contribution in [3.63, 3.8) is 0 Å². The van der Waals surface area contributed by atoms with Crippen LogP contribution in [0.5, 0.6) is 0 Å². The van der Waals surface area contributed by atoms with Crippen LogP contribution in [0.25, 0.3) is 11.1 Å². The maximum atomic E-state index is 12.5. The lowest BCUT2D eigenvalue weighted by Crippen LogP contribution is -2.30. The number of likely N-dealkylation sites (tertiary alicyclic amines) is 1. The monoisotopic (exact) mass is 339 g/mol.